The molecule has 1 saturated carbocycles. The smallest absolute Gasteiger partial charge is 0.251 e. The highest BCUT2D eigenvalue weighted by Crippen LogP contribution is 2.39. The van der Waals surface area contributed by atoms with Crippen LogP contribution in [0.2, 0.25) is 0 Å². The number of nitrogens with one attached hydrogen (secondary N) is 1. The quantitative estimate of drug-likeness (QED) is 0.909. The van der Waals surface area contributed by atoms with E-state index in [4.69, 9.17) is 0 Å². The van der Waals surface area contributed by atoms with Crippen LogP contribution < -0.4 is 15.1 Å². The van der Waals surface area contributed by atoms with Crippen molar-refractivity contribution >= 4 is 23.2 Å². The predicted molar refractivity (Wildman–Crippen MR) is 94.6 cm³/mol. The molecule has 1 aliphatic carbocycles. The molecule has 5 heteroatoms. The Balaban J connectivity index is 1.62. The van der Waals surface area contributed by atoms with Crippen LogP contribution in [0.1, 0.15) is 55.3 Å². The minimum absolute atomic E-state index is 0.0219. The molecular weight excluding hydrogens is 302 g/mol. The molecule has 2 fully saturated rings. The lowest BCUT2D eigenvalue weighted by atomic mass is 9.95. The Kier molecular flexibility index (Phi) is 3.94. The molecule has 1 aromatic rings. The van der Waals surface area contributed by atoms with Gasteiger partial charge in [0.15, 0.2) is 0 Å². The van der Waals surface area contributed by atoms with E-state index in [1.165, 1.54) is 12.8 Å². The number of fused-ring (bicyclic) bond motifs is 3. The molecule has 128 valence electrons. The first-order valence-electron chi connectivity index (χ1n) is 9.14. The molecule has 3 aliphatic rings. The third kappa shape index (κ3) is 2.56. The minimum Gasteiger partial charge on any atom is -0.358 e. The van der Waals surface area contributed by atoms with Crippen LogP contribution in [0.25, 0.3) is 0 Å². The Morgan fingerprint density at radius 3 is 2.62 bits per heavy atom. The summed E-state index contributed by atoms with van der Waals surface area (Å²) in [6.45, 7) is 0.921. The van der Waals surface area contributed by atoms with Gasteiger partial charge in [-0.25, -0.2) is 0 Å². The lowest BCUT2D eigenvalue weighted by Gasteiger charge is -2.44. The van der Waals surface area contributed by atoms with E-state index in [2.05, 4.69) is 10.2 Å². The molecule has 1 aromatic carbocycles. The molecule has 0 aromatic heterocycles. The zero-order valence-electron chi connectivity index (χ0n) is 14.3. The van der Waals surface area contributed by atoms with E-state index in [0.29, 0.717) is 11.6 Å². The summed E-state index contributed by atoms with van der Waals surface area (Å²) in [6.07, 6.45) is 7.70. The van der Waals surface area contributed by atoms with Gasteiger partial charge in [-0.3, -0.25) is 9.59 Å². The highest BCUT2D eigenvalue weighted by atomic mass is 16.2. The van der Waals surface area contributed by atoms with Gasteiger partial charge in [-0.05, 0) is 50.3 Å². The number of benzene rings is 1. The molecule has 0 spiro atoms. The summed E-state index contributed by atoms with van der Waals surface area (Å²) in [5.74, 6) is 0.127. The van der Waals surface area contributed by atoms with Crippen LogP contribution >= 0.6 is 0 Å². The maximum absolute atomic E-state index is 12.7. The average Bonchev–Trinajstić information content (AvgIpc) is 3.12. The first kappa shape index (κ1) is 15.5. The van der Waals surface area contributed by atoms with Crippen molar-refractivity contribution in [1.82, 2.24) is 5.32 Å². The average molecular weight is 327 g/mol. The SMILES string of the molecule is CN1C(=O)[C@H]2CCCCN2c2ccc(C(=O)NC3CCCC3)cc21. The maximum atomic E-state index is 12.7. The molecule has 4 rings (SSSR count). The minimum atomic E-state index is -0.0329. The van der Waals surface area contributed by atoms with Gasteiger partial charge in [0, 0.05) is 25.2 Å². The Bertz CT molecular complexity index is 667. The number of hydrogen-bond donors (Lipinski definition) is 1. The molecule has 2 heterocycles. The lowest BCUT2D eigenvalue weighted by Crippen LogP contribution is -2.54. The van der Waals surface area contributed by atoms with Crippen molar-refractivity contribution in [2.75, 3.05) is 23.4 Å². The number of rotatable bonds is 2. The molecule has 5 nitrogen and oxygen atoms in total. The Labute approximate surface area is 143 Å². The third-order valence-electron chi connectivity index (χ3n) is 5.72. The second-order valence-electron chi connectivity index (χ2n) is 7.26. The normalized spacial score (nSPS) is 23.9. The zero-order valence-corrected chi connectivity index (χ0v) is 14.3. The zero-order chi connectivity index (χ0) is 16.7. The first-order valence-corrected chi connectivity index (χ1v) is 9.14. The summed E-state index contributed by atoms with van der Waals surface area (Å²) in [5.41, 5.74) is 2.59. The topological polar surface area (TPSA) is 52.7 Å². The molecule has 1 N–H and O–H groups in total. The van der Waals surface area contributed by atoms with Crippen molar-refractivity contribution in [2.24, 2.45) is 0 Å². The van der Waals surface area contributed by atoms with Gasteiger partial charge < -0.3 is 15.1 Å². The molecule has 24 heavy (non-hydrogen) atoms. The molecular formula is C19H25N3O2. The molecule has 0 radical (unpaired) electrons. The number of piperidine rings is 1. The van der Waals surface area contributed by atoms with Gasteiger partial charge >= 0.3 is 0 Å². The standard InChI is InChI=1S/C19H25N3O2/c1-21-17-12-13(18(23)20-14-6-2-3-7-14)9-10-15(17)22-11-5-4-8-16(22)19(21)24/h9-10,12,14,16H,2-8,11H2,1H3,(H,20,23)/t16-/m1/s1. The van der Waals surface area contributed by atoms with Crippen molar-refractivity contribution in [1.29, 1.82) is 0 Å². The Morgan fingerprint density at radius 1 is 1.08 bits per heavy atom. The van der Waals surface area contributed by atoms with Gasteiger partial charge in [0.05, 0.1) is 11.4 Å². The van der Waals surface area contributed by atoms with Crippen molar-refractivity contribution in [3.05, 3.63) is 23.8 Å². The van der Waals surface area contributed by atoms with Crippen LogP contribution in [0.4, 0.5) is 11.4 Å². The van der Waals surface area contributed by atoms with Crippen LogP contribution in [-0.4, -0.2) is 37.5 Å². The van der Waals surface area contributed by atoms with E-state index in [1.54, 1.807) is 4.90 Å². The van der Waals surface area contributed by atoms with Crippen molar-refractivity contribution in [2.45, 2.75) is 57.0 Å². The van der Waals surface area contributed by atoms with Crippen LogP contribution in [0, 0.1) is 0 Å². The number of likely N-dealkylation sites (N-methyl/N-ethyl adjacent to an activating group) is 1. The fourth-order valence-corrected chi connectivity index (χ4v) is 4.33. The van der Waals surface area contributed by atoms with Crippen LogP contribution in [-0.2, 0) is 4.79 Å². The molecule has 2 amide bonds. The summed E-state index contributed by atoms with van der Waals surface area (Å²) in [6, 6.07) is 6.06. The second kappa shape index (κ2) is 6.11. The Hall–Kier alpha value is -2.04. The molecule has 1 atom stereocenters. The number of anilines is 2. The monoisotopic (exact) mass is 327 g/mol. The van der Waals surface area contributed by atoms with Gasteiger partial charge in [-0.2, -0.15) is 0 Å². The number of carbonyl (C=O) groups is 2. The third-order valence-corrected chi connectivity index (χ3v) is 5.72. The van der Waals surface area contributed by atoms with E-state index in [-0.39, 0.29) is 17.9 Å². The Morgan fingerprint density at radius 2 is 1.83 bits per heavy atom. The van der Waals surface area contributed by atoms with Gasteiger partial charge in [0.2, 0.25) is 5.91 Å². The number of carbonyl (C=O) groups excluding carboxylic acids is 2. The number of nitrogens with zero attached hydrogens (tertiary/aromatic N) is 2. The van der Waals surface area contributed by atoms with E-state index < -0.39 is 0 Å². The van der Waals surface area contributed by atoms with E-state index in [0.717, 1.165) is 50.0 Å². The van der Waals surface area contributed by atoms with Crippen molar-refractivity contribution < 1.29 is 9.59 Å². The van der Waals surface area contributed by atoms with Crippen LogP contribution in [0.3, 0.4) is 0 Å². The summed E-state index contributed by atoms with van der Waals surface area (Å²) >= 11 is 0. The van der Waals surface area contributed by atoms with Crippen LogP contribution in [0.15, 0.2) is 18.2 Å². The fraction of sp³-hybridized carbons (Fsp3) is 0.579. The molecule has 0 unspecified atom stereocenters. The van der Waals surface area contributed by atoms with Crippen molar-refractivity contribution in [3.8, 4) is 0 Å². The second-order valence-corrected chi connectivity index (χ2v) is 7.26. The lowest BCUT2D eigenvalue weighted by molar-refractivity contribution is -0.120. The van der Waals surface area contributed by atoms with Gasteiger partial charge in [-0.1, -0.05) is 12.8 Å². The van der Waals surface area contributed by atoms with E-state index in [9.17, 15) is 9.59 Å². The summed E-state index contributed by atoms with van der Waals surface area (Å²) in [4.78, 5) is 29.1. The summed E-state index contributed by atoms with van der Waals surface area (Å²) < 4.78 is 0. The number of hydrogen-bond acceptors (Lipinski definition) is 3. The van der Waals surface area contributed by atoms with Gasteiger partial charge in [-0.15, -0.1) is 0 Å². The number of amides is 2. The molecule has 1 saturated heterocycles. The summed E-state index contributed by atoms with van der Waals surface area (Å²) in [5, 5.41) is 3.13. The first-order chi connectivity index (χ1) is 11.6. The van der Waals surface area contributed by atoms with E-state index in [1.807, 2.05) is 25.2 Å². The summed E-state index contributed by atoms with van der Waals surface area (Å²) in [7, 11) is 1.83. The molecule has 0 bridgehead atoms. The van der Waals surface area contributed by atoms with Gasteiger partial charge in [0.1, 0.15) is 6.04 Å². The largest absolute Gasteiger partial charge is 0.358 e. The van der Waals surface area contributed by atoms with E-state index >= 15 is 0 Å². The highest BCUT2D eigenvalue weighted by Gasteiger charge is 2.38. The highest BCUT2D eigenvalue weighted by molar-refractivity contribution is 6.07. The molecule has 2 aliphatic heterocycles. The van der Waals surface area contributed by atoms with Crippen LogP contribution in [0.5, 0.6) is 0 Å². The predicted octanol–water partition coefficient (Wildman–Crippen LogP) is 2.69. The van der Waals surface area contributed by atoms with Gasteiger partial charge in [0.25, 0.3) is 5.91 Å². The van der Waals surface area contributed by atoms with Crippen molar-refractivity contribution in [3.63, 3.8) is 0 Å². The maximum Gasteiger partial charge on any atom is 0.251 e. The fourth-order valence-electron chi connectivity index (χ4n) is 4.33.